The van der Waals surface area contributed by atoms with Gasteiger partial charge in [0.1, 0.15) is 0 Å². The summed E-state index contributed by atoms with van der Waals surface area (Å²) in [5, 5.41) is 0. The first-order valence-corrected chi connectivity index (χ1v) is 6.59. The number of hydrogen-bond donors (Lipinski definition) is 1. The van der Waals surface area contributed by atoms with Crippen LogP contribution in [0.5, 0.6) is 0 Å². The maximum atomic E-state index is 12.8. The molecular weight excluding hydrogens is 253 g/mol. The highest BCUT2D eigenvalue weighted by Crippen LogP contribution is 2.33. The monoisotopic (exact) mass is 274 g/mol. The average Bonchev–Trinajstić information content (AvgIpc) is 2.36. The molecular formula is C14H21F3N2. The Morgan fingerprint density at radius 1 is 1.11 bits per heavy atom. The second-order valence-electron chi connectivity index (χ2n) is 4.53. The molecule has 19 heavy (non-hydrogen) atoms. The summed E-state index contributed by atoms with van der Waals surface area (Å²) in [4.78, 5) is 2.10. The molecule has 1 aromatic rings. The van der Waals surface area contributed by atoms with E-state index in [1.807, 2.05) is 0 Å². The Balaban J connectivity index is 3.10. The van der Waals surface area contributed by atoms with Crippen molar-refractivity contribution in [2.24, 2.45) is 5.73 Å². The molecule has 0 unspecified atom stereocenters. The Kier molecular flexibility index (Phi) is 5.66. The van der Waals surface area contributed by atoms with Crippen molar-refractivity contribution in [3.8, 4) is 0 Å². The van der Waals surface area contributed by atoms with Gasteiger partial charge in [-0.2, -0.15) is 13.2 Å². The molecule has 0 radical (unpaired) electrons. The highest BCUT2D eigenvalue weighted by Gasteiger charge is 2.33. The number of nitrogens with two attached hydrogens (primary N) is 1. The van der Waals surface area contributed by atoms with Gasteiger partial charge in [-0.15, -0.1) is 0 Å². The largest absolute Gasteiger partial charge is 0.416 e. The van der Waals surface area contributed by atoms with Crippen LogP contribution in [0.2, 0.25) is 0 Å². The summed E-state index contributed by atoms with van der Waals surface area (Å²) in [6.45, 7) is 5.67. The second-order valence-corrected chi connectivity index (χ2v) is 4.53. The fourth-order valence-electron chi connectivity index (χ4n) is 2.13. The third-order valence-electron chi connectivity index (χ3n) is 2.97. The van der Waals surface area contributed by atoms with E-state index in [-0.39, 0.29) is 12.1 Å². The third kappa shape index (κ3) is 4.13. The highest BCUT2D eigenvalue weighted by atomic mass is 19.4. The zero-order valence-electron chi connectivity index (χ0n) is 11.4. The van der Waals surface area contributed by atoms with E-state index < -0.39 is 11.7 Å². The van der Waals surface area contributed by atoms with Crippen LogP contribution in [0, 0.1) is 0 Å². The zero-order chi connectivity index (χ0) is 14.5. The van der Waals surface area contributed by atoms with E-state index in [1.54, 1.807) is 6.07 Å². The maximum Gasteiger partial charge on any atom is 0.416 e. The van der Waals surface area contributed by atoms with E-state index in [2.05, 4.69) is 18.7 Å². The van der Waals surface area contributed by atoms with Gasteiger partial charge < -0.3 is 10.6 Å². The van der Waals surface area contributed by atoms with Crippen molar-refractivity contribution < 1.29 is 13.2 Å². The van der Waals surface area contributed by atoms with Crippen LogP contribution in [0.25, 0.3) is 0 Å². The summed E-state index contributed by atoms with van der Waals surface area (Å²) >= 11 is 0. The number of halogens is 3. The number of benzene rings is 1. The van der Waals surface area contributed by atoms with Crippen LogP contribution in [0.1, 0.15) is 37.8 Å². The van der Waals surface area contributed by atoms with Crippen molar-refractivity contribution >= 4 is 5.69 Å². The topological polar surface area (TPSA) is 29.3 Å². The third-order valence-corrected chi connectivity index (χ3v) is 2.97. The summed E-state index contributed by atoms with van der Waals surface area (Å²) in [7, 11) is 0. The van der Waals surface area contributed by atoms with E-state index in [0.29, 0.717) is 0 Å². The number of nitrogens with zero attached hydrogens (tertiary/aromatic N) is 1. The van der Waals surface area contributed by atoms with Crippen molar-refractivity contribution in [1.29, 1.82) is 0 Å². The lowest BCUT2D eigenvalue weighted by Gasteiger charge is -2.25. The molecule has 1 aromatic carbocycles. The van der Waals surface area contributed by atoms with Crippen LogP contribution >= 0.6 is 0 Å². The summed E-state index contributed by atoms with van der Waals surface area (Å²) < 4.78 is 38.4. The SMILES string of the molecule is CCCN(CCC)c1ccc(C(F)(F)F)c(CN)c1. The standard InChI is InChI=1S/C14H21F3N2/c1-3-7-19(8-4-2)12-5-6-13(14(15,16)17)11(9-12)10-18/h5-6,9H,3-4,7-8,10,18H2,1-2H3. The molecule has 5 heteroatoms. The van der Waals surface area contributed by atoms with Crippen LogP contribution in [0.3, 0.4) is 0 Å². The molecule has 0 aromatic heterocycles. The number of anilines is 1. The van der Waals surface area contributed by atoms with Gasteiger partial charge in [0, 0.05) is 25.3 Å². The minimum absolute atomic E-state index is 0.102. The van der Waals surface area contributed by atoms with Crippen LogP contribution in [-0.4, -0.2) is 13.1 Å². The molecule has 0 aliphatic heterocycles. The van der Waals surface area contributed by atoms with Crippen molar-refractivity contribution in [2.75, 3.05) is 18.0 Å². The molecule has 2 N–H and O–H groups in total. The molecule has 108 valence electrons. The lowest BCUT2D eigenvalue weighted by atomic mass is 10.1. The summed E-state index contributed by atoms with van der Waals surface area (Å²) in [5.41, 5.74) is 5.78. The minimum atomic E-state index is -4.34. The van der Waals surface area contributed by atoms with E-state index in [9.17, 15) is 13.2 Å². The van der Waals surface area contributed by atoms with Gasteiger partial charge in [0.05, 0.1) is 5.56 Å². The lowest BCUT2D eigenvalue weighted by Crippen LogP contribution is -2.25. The van der Waals surface area contributed by atoms with Gasteiger partial charge in [0.2, 0.25) is 0 Å². The van der Waals surface area contributed by atoms with Crippen molar-refractivity contribution in [2.45, 2.75) is 39.4 Å². The molecule has 2 nitrogen and oxygen atoms in total. The molecule has 0 fully saturated rings. The van der Waals surface area contributed by atoms with Crippen LogP contribution in [-0.2, 0) is 12.7 Å². The Morgan fingerprint density at radius 3 is 2.11 bits per heavy atom. The molecule has 0 spiro atoms. The number of rotatable bonds is 6. The molecule has 0 amide bonds. The summed E-state index contributed by atoms with van der Waals surface area (Å²) in [6, 6.07) is 4.23. The first-order valence-electron chi connectivity index (χ1n) is 6.59. The minimum Gasteiger partial charge on any atom is -0.372 e. The van der Waals surface area contributed by atoms with Crippen LogP contribution < -0.4 is 10.6 Å². The lowest BCUT2D eigenvalue weighted by molar-refractivity contribution is -0.138. The van der Waals surface area contributed by atoms with Crippen LogP contribution in [0.15, 0.2) is 18.2 Å². The smallest absolute Gasteiger partial charge is 0.372 e. The fraction of sp³-hybridized carbons (Fsp3) is 0.571. The van der Waals surface area contributed by atoms with E-state index in [0.717, 1.165) is 37.7 Å². The van der Waals surface area contributed by atoms with Gasteiger partial charge >= 0.3 is 6.18 Å². The van der Waals surface area contributed by atoms with Crippen molar-refractivity contribution in [3.05, 3.63) is 29.3 Å². The maximum absolute atomic E-state index is 12.8. The predicted molar refractivity (Wildman–Crippen MR) is 72.1 cm³/mol. The molecule has 0 bridgehead atoms. The average molecular weight is 274 g/mol. The highest BCUT2D eigenvalue weighted by molar-refractivity contribution is 5.51. The second kappa shape index (κ2) is 6.80. The van der Waals surface area contributed by atoms with Gasteiger partial charge in [0.15, 0.2) is 0 Å². The van der Waals surface area contributed by atoms with Crippen LogP contribution in [0.4, 0.5) is 18.9 Å². The Hall–Kier alpha value is -1.23. The molecule has 0 atom stereocenters. The molecule has 0 heterocycles. The first kappa shape index (κ1) is 15.8. The quantitative estimate of drug-likeness (QED) is 0.855. The molecule has 0 saturated heterocycles. The van der Waals surface area contributed by atoms with Crippen molar-refractivity contribution in [1.82, 2.24) is 0 Å². The van der Waals surface area contributed by atoms with Gasteiger partial charge in [-0.25, -0.2) is 0 Å². The van der Waals surface area contributed by atoms with Gasteiger partial charge in [0.25, 0.3) is 0 Å². The number of hydrogen-bond acceptors (Lipinski definition) is 2. The molecule has 0 aliphatic carbocycles. The molecule has 0 aliphatic rings. The summed E-state index contributed by atoms with van der Waals surface area (Å²) in [5.74, 6) is 0. The normalized spacial score (nSPS) is 11.7. The Bertz CT molecular complexity index is 396. The van der Waals surface area contributed by atoms with Gasteiger partial charge in [-0.1, -0.05) is 13.8 Å². The van der Waals surface area contributed by atoms with E-state index in [1.165, 1.54) is 6.07 Å². The Morgan fingerprint density at radius 2 is 1.68 bits per heavy atom. The molecule has 0 saturated carbocycles. The predicted octanol–water partition coefficient (Wildman–Crippen LogP) is 3.79. The fourth-order valence-corrected chi connectivity index (χ4v) is 2.13. The van der Waals surface area contributed by atoms with E-state index >= 15 is 0 Å². The van der Waals surface area contributed by atoms with E-state index in [4.69, 9.17) is 5.73 Å². The zero-order valence-corrected chi connectivity index (χ0v) is 11.4. The Labute approximate surface area is 112 Å². The number of alkyl halides is 3. The van der Waals surface area contributed by atoms with Gasteiger partial charge in [-0.3, -0.25) is 0 Å². The van der Waals surface area contributed by atoms with Gasteiger partial charge in [-0.05, 0) is 36.6 Å². The summed E-state index contributed by atoms with van der Waals surface area (Å²) in [6.07, 6.45) is -2.43. The first-order chi connectivity index (χ1) is 8.93. The molecule has 1 rings (SSSR count). The van der Waals surface area contributed by atoms with Crippen molar-refractivity contribution in [3.63, 3.8) is 0 Å².